The summed E-state index contributed by atoms with van der Waals surface area (Å²) in [4.78, 5) is 13.0. The third-order valence-electron chi connectivity index (χ3n) is 4.63. The van der Waals surface area contributed by atoms with E-state index in [-0.39, 0.29) is 21.2 Å². The summed E-state index contributed by atoms with van der Waals surface area (Å²) in [5.74, 6) is 0.647. The zero-order valence-corrected chi connectivity index (χ0v) is 18.8. The van der Waals surface area contributed by atoms with Crippen LogP contribution in [-0.4, -0.2) is 14.3 Å². The van der Waals surface area contributed by atoms with Gasteiger partial charge in [-0.25, -0.2) is 8.42 Å². The summed E-state index contributed by atoms with van der Waals surface area (Å²) >= 11 is 6.31. The van der Waals surface area contributed by atoms with Gasteiger partial charge in [0, 0.05) is 0 Å². The van der Waals surface area contributed by atoms with E-state index in [0.717, 1.165) is 0 Å². The van der Waals surface area contributed by atoms with Gasteiger partial charge in [-0.05, 0) is 54.6 Å². The van der Waals surface area contributed by atoms with Gasteiger partial charge in [-0.3, -0.25) is 9.52 Å². The SMILES string of the molecule is O=C(Nc1ccccc1Oc1ccccc1)c1ccc(NS(=O)(=O)c2ccccc2)cc1Cl. The van der Waals surface area contributed by atoms with Gasteiger partial charge in [0.1, 0.15) is 5.75 Å². The lowest BCUT2D eigenvalue weighted by atomic mass is 10.2. The molecule has 0 fully saturated rings. The summed E-state index contributed by atoms with van der Waals surface area (Å²) in [5, 5.41) is 2.89. The lowest BCUT2D eigenvalue weighted by Gasteiger charge is -2.13. The van der Waals surface area contributed by atoms with Gasteiger partial charge in [0.05, 0.1) is 26.9 Å². The Kier molecular flexibility index (Phi) is 6.63. The van der Waals surface area contributed by atoms with E-state index < -0.39 is 15.9 Å². The molecule has 0 saturated carbocycles. The van der Waals surface area contributed by atoms with Crippen LogP contribution in [0.5, 0.6) is 11.5 Å². The van der Waals surface area contributed by atoms with Crippen molar-refractivity contribution in [2.45, 2.75) is 4.90 Å². The normalized spacial score (nSPS) is 10.9. The van der Waals surface area contributed by atoms with E-state index in [0.29, 0.717) is 17.2 Å². The number of nitrogens with one attached hydrogen (secondary N) is 2. The van der Waals surface area contributed by atoms with Crippen LogP contribution in [0.1, 0.15) is 10.4 Å². The fraction of sp³-hybridized carbons (Fsp3) is 0. The van der Waals surface area contributed by atoms with E-state index in [9.17, 15) is 13.2 Å². The minimum Gasteiger partial charge on any atom is -0.455 e. The summed E-state index contributed by atoms with van der Waals surface area (Å²) in [6, 6.07) is 28.5. The van der Waals surface area contributed by atoms with Crippen molar-refractivity contribution in [2.75, 3.05) is 10.0 Å². The first-order chi connectivity index (χ1) is 15.9. The molecule has 0 radical (unpaired) electrons. The lowest BCUT2D eigenvalue weighted by molar-refractivity contribution is 0.102. The predicted octanol–water partition coefficient (Wildman–Crippen LogP) is 6.19. The van der Waals surface area contributed by atoms with Gasteiger partial charge in [-0.2, -0.15) is 0 Å². The quantitative estimate of drug-likeness (QED) is 0.332. The van der Waals surface area contributed by atoms with Crippen LogP contribution in [0.25, 0.3) is 0 Å². The number of carbonyl (C=O) groups excluding carboxylic acids is 1. The number of anilines is 2. The molecule has 6 nitrogen and oxygen atoms in total. The second-order valence-corrected chi connectivity index (χ2v) is 9.07. The molecule has 0 aliphatic rings. The number of carbonyl (C=O) groups is 1. The summed E-state index contributed by atoms with van der Waals surface area (Å²) in [7, 11) is -3.77. The van der Waals surface area contributed by atoms with Crippen LogP contribution in [0.2, 0.25) is 5.02 Å². The third-order valence-corrected chi connectivity index (χ3v) is 6.34. The molecule has 0 heterocycles. The number of amides is 1. The average molecular weight is 479 g/mol. The second-order valence-electron chi connectivity index (χ2n) is 6.98. The number of benzene rings is 4. The monoisotopic (exact) mass is 478 g/mol. The number of ether oxygens (including phenoxy) is 1. The first kappa shape index (κ1) is 22.4. The van der Waals surface area contributed by atoms with Gasteiger partial charge in [0.15, 0.2) is 5.75 Å². The molecule has 4 aromatic carbocycles. The fourth-order valence-electron chi connectivity index (χ4n) is 3.04. The van der Waals surface area contributed by atoms with Gasteiger partial charge in [0.2, 0.25) is 0 Å². The summed E-state index contributed by atoms with van der Waals surface area (Å²) < 4.78 is 33.4. The van der Waals surface area contributed by atoms with Crippen LogP contribution in [-0.2, 0) is 10.0 Å². The Morgan fingerprint density at radius 3 is 2.12 bits per heavy atom. The molecule has 166 valence electrons. The molecule has 4 rings (SSSR count). The first-order valence-corrected chi connectivity index (χ1v) is 11.8. The summed E-state index contributed by atoms with van der Waals surface area (Å²) in [6.07, 6.45) is 0. The molecule has 0 bridgehead atoms. The smallest absolute Gasteiger partial charge is 0.261 e. The van der Waals surface area contributed by atoms with Crippen molar-refractivity contribution in [3.63, 3.8) is 0 Å². The molecule has 0 spiro atoms. The maximum atomic E-state index is 12.9. The van der Waals surface area contributed by atoms with Gasteiger partial charge in [-0.1, -0.05) is 60.1 Å². The Bertz CT molecular complexity index is 1380. The highest BCUT2D eigenvalue weighted by atomic mass is 35.5. The van der Waals surface area contributed by atoms with Gasteiger partial charge < -0.3 is 10.1 Å². The number of sulfonamides is 1. The second kappa shape index (κ2) is 9.77. The Balaban J connectivity index is 1.51. The number of hydrogen-bond acceptors (Lipinski definition) is 4. The highest BCUT2D eigenvalue weighted by molar-refractivity contribution is 7.92. The molecule has 0 saturated heterocycles. The van der Waals surface area contributed by atoms with E-state index >= 15 is 0 Å². The molecule has 0 aromatic heterocycles. The highest BCUT2D eigenvalue weighted by Gasteiger charge is 2.17. The lowest BCUT2D eigenvalue weighted by Crippen LogP contribution is -2.15. The topological polar surface area (TPSA) is 84.5 Å². The number of para-hydroxylation sites is 3. The maximum Gasteiger partial charge on any atom is 0.261 e. The third kappa shape index (κ3) is 5.52. The Labute approximate surface area is 196 Å². The van der Waals surface area contributed by atoms with Crippen LogP contribution >= 0.6 is 11.6 Å². The van der Waals surface area contributed by atoms with Crippen molar-refractivity contribution < 1.29 is 17.9 Å². The first-order valence-electron chi connectivity index (χ1n) is 9.93. The van der Waals surface area contributed by atoms with Gasteiger partial charge in [0.25, 0.3) is 15.9 Å². The van der Waals surface area contributed by atoms with Crippen LogP contribution in [0.15, 0.2) is 108 Å². The van der Waals surface area contributed by atoms with Crippen LogP contribution in [0, 0.1) is 0 Å². The van der Waals surface area contributed by atoms with Crippen molar-refractivity contribution in [1.29, 1.82) is 0 Å². The number of halogens is 1. The molecule has 4 aromatic rings. The Morgan fingerprint density at radius 2 is 1.42 bits per heavy atom. The van der Waals surface area contributed by atoms with E-state index in [2.05, 4.69) is 10.0 Å². The van der Waals surface area contributed by atoms with E-state index in [1.807, 2.05) is 30.3 Å². The van der Waals surface area contributed by atoms with E-state index in [1.165, 1.54) is 30.3 Å². The van der Waals surface area contributed by atoms with E-state index in [4.69, 9.17) is 16.3 Å². The Morgan fingerprint density at radius 1 is 0.788 bits per heavy atom. The zero-order valence-electron chi connectivity index (χ0n) is 17.2. The Hall–Kier alpha value is -3.81. The van der Waals surface area contributed by atoms with Crippen LogP contribution in [0.3, 0.4) is 0 Å². The predicted molar refractivity (Wildman–Crippen MR) is 130 cm³/mol. The molecular weight excluding hydrogens is 460 g/mol. The molecule has 33 heavy (non-hydrogen) atoms. The molecule has 0 atom stereocenters. The summed E-state index contributed by atoms with van der Waals surface area (Å²) in [6.45, 7) is 0. The van der Waals surface area contributed by atoms with Gasteiger partial charge in [-0.15, -0.1) is 0 Å². The fourth-order valence-corrected chi connectivity index (χ4v) is 4.38. The van der Waals surface area contributed by atoms with Crippen molar-refractivity contribution in [3.05, 3.63) is 114 Å². The van der Waals surface area contributed by atoms with E-state index in [1.54, 1.807) is 42.5 Å². The zero-order chi connectivity index (χ0) is 23.3. The maximum absolute atomic E-state index is 12.9. The standard InChI is InChI=1S/C25H19ClN2O4S/c26-22-17-18(28-33(30,31)20-11-5-2-6-12-20)15-16-21(22)25(29)27-23-13-7-8-14-24(23)32-19-9-3-1-4-10-19/h1-17,28H,(H,27,29). The van der Waals surface area contributed by atoms with Crippen molar-refractivity contribution in [2.24, 2.45) is 0 Å². The van der Waals surface area contributed by atoms with Crippen LogP contribution < -0.4 is 14.8 Å². The number of hydrogen-bond donors (Lipinski definition) is 2. The minimum absolute atomic E-state index is 0.0993. The largest absolute Gasteiger partial charge is 0.455 e. The molecular formula is C25H19ClN2O4S. The van der Waals surface area contributed by atoms with Crippen molar-refractivity contribution in [3.8, 4) is 11.5 Å². The van der Waals surface area contributed by atoms with Gasteiger partial charge >= 0.3 is 0 Å². The van der Waals surface area contributed by atoms with Crippen LogP contribution in [0.4, 0.5) is 11.4 Å². The van der Waals surface area contributed by atoms with Crippen molar-refractivity contribution in [1.82, 2.24) is 0 Å². The number of rotatable bonds is 7. The van der Waals surface area contributed by atoms with Crippen molar-refractivity contribution >= 4 is 38.9 Å². The average Bonchev–Trinajstić information content (AvgIpc) is 2.81. The molecule has 2 N–H and O–H groups in total. The molecule has 8 heteroatoms. The molecule has 0 aliphatic carbocycles. The summed E-state index contributed by atoms with van der Waals surface area (Å²) in [5.41, 5.74) is 0.901. The highest BCUT2D eigenvalue weighted by Crippen LogP contribution is 2.30. The molecule has 1 amide bonds. The minimum atomic E-state index is -3.77. The molecule has 0 unspecified atom stereocenters. The molecule has 0 aliphatic heterocycles.